The Morgan fingerprint density at radius 2 is 2.00 bits per heavy atom. The Balaban J connectivity index is 1.76. The maximum Gasteiger partial charge on any atom is 0.195 e. The van der Waals surface area contributed by atoms with Crippen molar-refractivity contribution in [1.29, 1.82) is 0 Å². The lowest BCUT2D eigenvalue weighted by Gasteiger charge is -2.33. The highest BCUT2D eigenvalue weighted by molar-refractivity contribution is 7.10. The Kier molecular flexibility index (Phi) is 8.15. The number of benzene rings is 1. The van der Waals surface area contributed by atoms with Gasteiger partial charge >= 0.3 is 0 Å². The molecule has 8 heteroatoms. The first-order chi connectivity index (χ1) is 14.2. The average molecular weight is 419 g/mol. The molecule has 0 amide bonds. The zero-order valence-corrected chi connectivity index (χ0v) is 18.1. The molecule has 3 rings (SSSR count). The molecule has 1 saturated heterocycles. The molecule has 0 aliphatic carbocycles. The van der Waals surface area contributed by atoms with Gasteiger partial charge in [0.05, 0.1) is 40.0 Å². The maximum absolute atomic E-state index is 5.53. The van der Waals surface area contributed by atoms with E-state index in [0.29, 0.717) is 18.0 Å². The minimum Gasteiger partial charge on any atom is -0.493 e. The summed E-state index contributed by atoms with van der Waals surface area (Å²) in [6, 6.07) is 10.3. The first-order valence-corrected chi connectivity index (χ1v) is 10.8. The Morgan fingerprint density at radius 3 is 2.66 bits per heavy atom. The van der Waals surface area contributed by atoms with E-state index in [0.717, 1.165) is 44.5 Å². The SMILES string of the molecule is CCNC(=NCC(c1cccs1)N1CCOCC1)Nc1ccc(OC)c(OC)c1. The average Bonchev–Trinajstić information content (AvgIpc) is 3.29. The van der Waals surface area contributed by atoms with Gasteiger partial charge < -0.3 is 24.8 Å². The van der Waals surface area contributed by atoms with Crippen molar-refractivity contribution in [2.24, 2.45) is 4.99 Å². The smallest absolute Gasteiger partial charge is 0.195 e. The fourth-order valence-corrected chi connectivity index (χ4v) is 4.14. The summed E-state index contributed by atoms with van der Waals surface area (Å²) in [6.07, 6.45) is 0. The standard InChI is InChI=1S/C21H30N4O3S/c1-4-22-21(24-16-7-8-18(26-2)19(14-16)27-3)23-15-17(20-6-5-13-29-20)25-9-11-28-12-10-25/h5-8,13-14,17H,4,9-12,15H2,1-3H3,(H2,22,23,24). The van der Waals surface area contributed by atoms with Crippen LogP contribution in [0, 0.1) is 0 Å². The maximum atomic E-state index is 5.53. The summed E-state index contributed by atoms with van der Waals surface area (Å²) in [7, 11) is 3.27. The Hall–Kier alpha value is -2.29. The lowest BCUT2D eigenvalue weighted by Crippen LogP contribution is -2.40. The summed E-state index contributed by atoms with van der Waals surface area (Å²) < 4.78 is 16.3. The number of rotatable bonds is 8. The van der Waals surface area contributed by atoms with Crippen LogP contribution in [0.2, 0.25) is 0 Å². The molecule has 2 heterocycles. The predicted molar refractivity (Wildman–Crippen MR) is 119 cm³/mol. The van der Waals surface area contributed by atoms with Gasteiger partial charge in [-0.3, -0.25) is 9.89 Å². The Labute approximate surface area is 176 Å². The van der Waals surface area contributed by atoms with Crippen molar-refractivity contribution in [1.82, 2.24) is 10.2 Å². The Morgan fingerprint density at radius 1 is 1.21 bits per heavy atom. The molecule has 1 aliphatic rings. The van der Waals surface area contributed by atoms with Crippen LogP contribution in [0.5, 0.6) is 11.5 Å². The lowest BCUT2D eigenvalue weighted by molar-refractivity contribution is 0.0187. The molecule has 2 N–H and O–H groups in total. The molecular weight excluding hydrogens is 388 g/mol. The van der Waals surface area contributed by atoms with E-state index in [1.807, 2.05) is 18.2 Å². The van der Waals surface area contributed by atoms with Crippen molar-refractivity contribution in [2.45, 2.75) is 13.0 Å². The van der Waals surface area contributed by atoms with E-state index in [-0.39, 0.29) is 6.04 Å². The topological polar surface area (TPSA) is 67.4 Å². The van der Waals surface area contributed by atoms with Crippen LogP contribution in [0.3, 0.4) is 0 Å². The van der Waals surface area contributed by atoms with Gasteiger partial charge in [0.15, 0.2) is 17.5 Å². The molecule has 7 nitrogen and oxygen atoms in total. The van der Waals surface area contributed by atoms with E-state index in [2.05, 4.69) is 40.0 Å². The van der Waals surface area contributed by atoms with Crippen LogP contribution in [0.4, 0.5) is 5.69 Å². The third kappa shape index (κ3) is 5.85. The molecule has 29 heavy (non-hydrogen) atoms. The van der Waals surface area contributed by atoms with Crippen molar-refractivity contribution < 1.29 is 14.2 Å². The van der Waals surface area contributed by atoms with Gasteiger partial charge in [-0.2, -0.15) is 0 Å². The lowest BCUT2D eigenvalue weighted by atomic mass is 10.2. The van der Waals surface area contributed by atoms with E-state index in [4.69, 9.17) is 19.2 Å². The van der Waals surface area contributed by atoms with Gasteiger partial charge in [-0.1, -0.05) is 6.07 Å². The van der Waals surface area contributed by atoms with Crippen LogP contribution in [0.25, 0.3) is 0 Å². The molecular formula is C21H30N4O3S. The zero-order valence-electron chi connectivity index (χ0n) is 17.3. The van der Waals surface area contributed by atoms with Crippen molar-refractivity contribution in [3.05, 3.63) is 40.6 Å². The zero-order chi connectivity index (χ0) is 20.5. The molecule has 0 spiro atoms. The summed E-state index contributed by atoms with van der Waals surface area (Å²) >= 11 is 1.78. The summed E-state index contributed by atoms with van der Waals surface area (Å²) in [5.74, 6) is 2.12. The number of ether oxygens (including phenoxy) is 3. The van der Waals surface area contributed by atoms with Gasteiger partial charge in [-0.25, -0.2) is 0 Å². The third-order valence-electron chi connectivity index (χ3n) is 4.77. The second-order valence-corrected chi connectivity index (χ2v) is 7.57. The van der Waals surface area contributed by atoms with E-state index in [1.165, 1.54) is 4.88 Å². The van der Waals surface area contributed by atoms with Crippen molar-refractivity contribution >= 4 is 23.0 Å². The van der Waals surface area contributed by atoms with Crippen molar-refractivity contribution in [3.63, 3.8) is 0 Å². The van der Waals surface area contributed by atoms with E-state index in [1.54, 1.807) is 25.6 Å². The van der Waals surface area contributed by atoms with Crippen molar-refractivity contribution in [3.8, 4) is 11.5 Å². The number of methoxy groups -OCH3 is 2. The van der Waals surface area contributed by atoms with Crippen molar-refractivity contribution in [2.75, 3.05) is 58.9 Å². The molecule has 1 aromatic carbocycles. The number of guanidine groups is 1. The molecule has 0 saturated carbocycles. The number of nitrogens with zero attached hydrogens (tertiary/aromatic N) is 2. The van der Waals surface area contributed by atoms with Crippen LogP contribution in [-0.4, -0.2) is 64.5 Å². The minimum atomic E-state index is 0.250. The van der Waals surface area contributed by atoms with Crippen LogP contribution in [0.1, 0.15) is 17.8 Å². The van der Waals surface area contributed by atoms with E-state index >= 15 is 0 Å². The van der Waals surface area contributed by atoms with E-state index < -0.39 is 0 Å². The molecule has 1 aliphatic heterocycles. The van der Waals surface area contributed by atoms with Crippen LogP contribution >= 0.6 is 11.3 Å². The molecule has 158 valence electrons. The number of nitrogens with one attached hydrogen (secondary N) is 2. The van der Waals surface area contributed by atoms with Gasteiger partial charge in [-0.05, 0) is 30.5 Å². The minimum absolute atomic E-state index is 0.250. The second-order valence-electron chi connectivity index (χ2n) is 6.59. The van der Waals surface area contributed by atoms with Gasteiger partial charge in [0.1, 0.15) is 0 Å². The number of thiophene rings is 1. The van der Waals surface area contributed by atoms with Gasteiger partial charge in [0.25, 0.3) is 0 Å². The normalized spacial score (nSPS) is 16.3. The second kappa shape index (κ2) is 11.0. The van der Waals surface area contributed by atoms with E-state index in [9.17, 15) is 0 Å². The first-order valence-electron chi connectivity index (χ1n) is 9.87. The van der Waals surface area contributed by atoms with Crippen LogP contribution in [0.15, 0.2) is 40.7 Å². The Bertz CT molecular complexity index is 776. The first kappa shape index (κ1) is 21.4. The molecule has 0 bridgehead atoms. The molecule has 1 aromatic heterocycles. The number of hydrogen-bond donors (Lipinski definition) is 2. The van der Waals surface area contributed by atoms with Gasteiger partial charge in [-0.15, -0.1) is 11.3 Å². The summed E-state index contributed by atoms with van der Waals surface area (Å²) in [5, 5.41) is 8.83. The summed E-state index contributed by atoms with van der Waals surface area (Å²) in [5.41, 5.74) is 0.890. The molecule has 1 fully saturated rings. The van der Waals surface area contributed by atoms with Crippen LogP contribution in [-0.2, 0) is 4.74 Å². The quantitative estimate of drug-likeness (QED) is 0.507. The van der Waals surface area contributed by atoms with Gasteiger partial charge in [0.2, 0.25) is 0 Å². The highest BCUT2D eigenvalue weighted by atomic mass is 32.1. The van der Waals surface area contributed by atoms with Gasteiger partial charge in [0, 0.05) is 36.3 Å². The highest BCUT2D eigenvalue weighted by Gasteiger charge is 2.23. The van der Waals surface area contributed by atoms with Crippen LogP contribution < -0.4 is 20.1 Å². The molecule has 2 aromatic rings. The largest absolute Gasteiger partial charge is 0.493 e. The fourth-order valence-electron chi connectivity index (χ4n) is 3.29. The fraction of sp³-hybridized carbons (Fsp3) is 0.476. The number of anilines is 1. The molecule has 0 radical (unpaired) electrons. The molecule has 1 atom stereocenters. The summed E-state index contributed by atoms with van der Waals surface area (Å²) in [4.78, 5) is 8.67. The highest BCUT2D eigenvalue weighted by Crippen LogP contribution is 2.30. The number of hydrogen-bond acceptors (Lipinski definition) is 6. The monoisotopic (exact) mass is 418 g/mol. The number of morpholine rings is 1. The number of aliphatic imine (C=N–C) groups is 1. The summed E-state index contributed by atoms with van der Waals surface area (Å²) in [6.45, 7) is 6.91. The third-order valence-corrected chi connectivity index (χ3v) is 5.74. The predicted octanol–water partition coefficient (Wildman–Crippen LogP) is 3.22. The molecule has 1 unspecified atom stereocenters.